The molecule has 1 fully saturated rings. The first-order valence-corrected chi connectivity index (χ1v) is 6.32. The predicted molar refractivity (Wildman–Crippen MR) is 67.7 cm³/mol. The van der Waals surface area contributed by atoms with Crippen molar-refractivity contribution in [2.75, 3.05) is 33.4 Å². The molecule has 1 aliphatic rings. The van der Waals surface area contributed by atoms with Gasteiger partial charge in [-0.05, 0) is 33.7 Å². The van der Waals surface area contributed by atoms with Crippen LogP contribution in [0.2, 0.25) is 0 Å². The van der Waals surface area contributed by atoms with Crippen molar-refractivity contribution in [2.24, 2.45) is 5.73 Å². The molecule has 5 nitrogen and oxygen atoms in total. The number of primary amides is 1. The van der Waals surface area contributed by atoms with E-state index in [4.69, 9.17) is 10.5 Å². The minimum absolute atomic E-state index is 0.285. The Balaban J connectivity index is 2.38. The molecule has 100 valence electrons. The van der Waals surface area contributed by atoms with E-state index in [1.54, 1.807) is 0 Å². The second kappa shape index (κ2) is 6.33. The molecule has 0 aromatic carbocycles. The van der Waals surface area contributed by atoms with Crippen molar-refractivity contribution in [3.05, 3.63) is 0 Å². The lowest BCUT2D eigenvalue weighted by Crippen LogP contribution is -2.60. The minimum atomic E-state index is -0.637. The van der Waals surface area contributed by atoms with E-state index >= 15 is 0 Å². The van der Waals surface area contributed by atoms with Crippen LogP contribution in [0.5, 0.6) is 0 Å². The highest BCUT2D eigenvalue weighted by molar-refractivity contribution is 5.84. The van der Waals surface area contributed by atoms with Gasteiger partial charge in [-0.1, -0.05) is 0 Å². The van der Waals surface area contributed by atoms with E-state index in [1.807, 2.05) is 20.9 Å². The summed E-state index contributed by atoms with van der Waals surface area (Å²) < 4.78 is 5.29. The number of nitrogens with two attached hydrogens (primary N) is 1. The molecule has 0 aromatic heterocycles. The highest BCUT2D eigenvalue weighted by Gasteiger charge is 2.37. The third-order valence-corrected chi connectivity index (χ3v) is 3.05. The summed E-state index contributed by atoms with van der Waals surface area (Å²) in [6.07, 6.45) is 2.29. The van der Waals surface area contributed by atoms with E-state index in [2.05, 4.69) is 10.2 Å². The molecule has 1 unspecified atom stereocenters. The van der Waals surface area contributed by atoms with Crippen LogP contribution in [0, 0.1) is 0 Å². The van der Waals surface area contributed by atoms with Crippen molar-refractivity contribution in [2.45, 2.75) is 38.3 Å². The fraction of sp³-hybridized carbons (Fsp3) is 0.917. The summed E-state index contributed by atoms with van der Waals surface area (Å²) in [5, 5.41) is 3.33. The first-order chi connectivity index (χ1) is 7.98. The number of ether oxygens (including phenoxy) is 1. The maximum absolute atomic E-state index is 11.6. The number of nitrogens with zero attached hydrogens (tertiary/aromatic N) is 1. The molecule has 0 bridgehead atoms. The summed E-state index contributed by atoms with van der Waals surface area (Å²) in [6.45, 7) is 6.69. The van der Waals surface area contributed by atoms with Crippen LogP contribution < -0.4 is 11.1 Å². The number of likely N-dealkylation sites (N-methyl/N-ethyl adjacent to an activating group) is 1. The molecule has 3 N–H and O–H groups in total. The van der Waals surface area contributed by atoms with E-state index in [9.17, 15) is 4.79 Å². The lowest BCUT2D eigenvalue weighted by atomic mass is 10.0. The van der Waals surface area contributed by atoms with Crippen molar-refractivity contribution in [1.82, 2.24) is 10.2 Å². The SMILES string of the molecule is CCOCCN(C)CC(C)(NC1CC1)C(N)=O. The Morgan fingerprint density at radius 2 is 2.24 bits per heavy atom. The lowest BCUT2D eigenvalue weighted by Gasteiger charge is -2.32. The normalized spacial score (nSPS) is 19.3. The van der Waals surface area contributed by atoms with Gasteiger partial charge >= 0.3 is 0 Å². The molecular formula is C12H25N3O2. The first-order valence-electron chi connectivity index (χ1n) is 6.32. The van der Waals surface area contributed by atoms with Gasteiger partial charge in [0.2, 0.25) is 5.91 Å². The molecule has 0 heterocycles. The maximum atomic E-state index is 11.6. The molecular weight excluding hydrogens is 218 g/mol. The van der Waals surface area contributed by atoms with Crippen LogP contribution in [0.4, 0.5) is 0 Å². The topological polar surface area (TPSA) is 67.6 Å². The average Bonchev–Trinajstić information content (AvgIpc) is 3.01. The van der Waals surface area contributed by atoms with Crippen molar-refractivity contribution in [3.63, 3.8) is 0 Å². The number of carbonyl (C=O) groups is 1. The van der Waals surface area contributed by atoms with Crippen molar-refractivity contribution in [3.8, 4) is 0 Å². The summed E-state index contributed by atoms with van der Waals surface area (Å²) in [5.74, 6) is -0.285. The third-order valence-electron chi connectivity index (χ3n) is 3.05. The number of rotatable bonds is 9. The summed E-state index contributed by atoms with van der Waals surface area (Å²) in [4.78, 5) is 13.6. The first kappa shape index (κ1) is 14.4. The fourth-order valence-corrected chi connectivity index (χ4v) is 1.86. The zero-order valence-electron chi connectivity index (χ0n) is 11.2. The number of hydrogen-bond donors (Lipinski definition) is 2. The molecule has 1 saturated carbocycles. The van der Waals surface area contributed by atoms with Crippen LogP contribution in [0.3, 0.4) is 0 Å². The monoisotopic (exact) mass is 243 g/mol. The molecule has 0 aromatic rings. The van der Waals surface area contributed by atoms with Gasteiger partial charge in [0.25, 0.3) is 0 Å². The number of nitrogens with one attached hydrogen (secondary N) is 1. The second-order valence-corrected chi connectivity index (χ2v) is 5.05. The van der Waals surface area contributed by atoms with Crippen molar-refractivity contribution >= 4 is 5.91 Å². The lowest BCUT2D eigenvalue weighted by molar-refractivity contribution is -0.124. The zero-order valence-corrected chi connectivity index (χ0v) is 11.2. The molecule has 5 heteroatoms. The Morgan fingerprint density at radius 3 is 2.71 bits per heavy atom. The smallest absolute Gasteiger partial charge is 0.238 e. The van der Waals surface area contributed by atoms with Gasteiger partial charge in [0.1, 0.15) is 5.54 Å². The van der Waals surface area contributed by atoms with Gasteiger partial charge in [-0.2, -0.15) is 0 Å². The van der Waals surface area contributed by atoms with Gasteiger partial charge in [-0.15, -0.1) is 0 Å². The summed E-state index contributed by atoms with van der Waals surface area (Å²) in [5.41, 5.74) is 4.85. The molecule has 1 atom stereocenters. The van der Waals surface area contributed by atoms with E-state index < -0.39 is 5.54 Å². The Hall–Kier alpha value is -0.650. The Kier molecular flexibility index (Phi) is 5.36. The highest BCUT2D eigenvalue weighted by Crippen LogP contribution is 2.22. The van der Waals surface area contributed by atoms with Crippen LogP contribution >= 0.6 is 0 Å². The van der Waals surface area contributed by atoms with Gasteiger partial charge in [0, 0.05) is 25.7 Å². The van der Waals surface area contributed by atoms with E-state index in [1.165, 1.54) is 0 Å². The van der Waals surface area contributed by atoms with Crippen LogP contribution in [0.15, 0.2) is 0 Å². The fourth-order valence-electron chi connectivity index (χ4n) is 1.86. The number of hydrogen-bond acceptors (Lipinski definition) is 4. The van der Waals surface area contributed by atoms with Crippen LogP contribution in [-0.2, 0) is 9.53 Å². The van der Waals surface area contributed by atoms with Gasteiger partial charge in [-0.3, -0.25) is 10.1 Å². The van der Waals surface area contributed by atoms with E-state index in [0.29, 0.717) is 19.2 Å². The van der Waals surface area contributed by atoms with E-state index in [-0.39, 0.29) is 5.91 Å². The molecule has 1 aliphatic carbocycles. The number of amides is 1. The largest absolute Gasteiger partial charge is 0.380 e. The van der Waals surface area contributed by atoms with Gasteiger partial charge in [0.05, 0.1) is 6.61 Å². The predicted octanol–water partition coefficient (Wildman–Crippen LogP) is -0.0493. The number of carbonyl (C=O) groups excluding carboxylic acids is 1. The van der Waals surface area contributed by atoms with Gasteiger partial charge < -0.3 is 15.4 Å². The minimum Gasteiger partial charge on any atom is -0.380 e. The molecule has 0 radical (unpaired) electrons. The summed E-state index contributed by atoms with van der Waals surface area (Å²) in [6, 6.07) is 0.466. The Labute approximate surface area is 104 Å². The third kappa shape index (κ3) is 5.02. The molecule has 1 rings (SSSR count). The molecule has 0 aliphatic heterocycles. The van der Waals surface area contributed by atoms with Gasteiger partial charge in [0.15, 0.2) is 0 Å². The van der Waals surface area contributed by atoms with Crippen molar-refractivity contribution in [1.29, 1.82) is 0 Å². The Morgan fingerprint density at radius 1 is 1.59 bits per heavy atom. The van der Waals surface area contributed by atoms with Gasteiger partial charge in [-0.25, -0.2) is 0 Å². The molecule has 0 spiro atoms. The summed E-state index contributed by atoms with van der Waals surface area (Å²) >= 11 is 0. The average molecular weight is 243 g/mol. The van der Waals surface area contributed by atoms with Crippen LogP contribution in [-0.4, -0.2) is 55.7 Å². The standard InChI is InChI=1S/C12H25N3O2/c1-4-17-8-7-15(3)9-12(2,11(13)16)14-10-5-6-10/h10,14H,4-9H2,1-3H3,(H2,13,16). The second-order valence-electron chi connectivity index (χ2n) is 5.05. The highest BCUT2D eigenvalue weighted by atomic mass is 16.5. The van der Waals surface area contributed by atoms with Crippen LogP contribution in [0.1, 0.15) is 26.7 Å². The zero-order chi connectivity index (χ0) is 12.9. The summed E-state index contributed by atoms with van der Waals surface area (Å²) in [7, 11) is 1.98. The quantitative estimate of drug-likeness (QED) is 0.557. The maximum Gasteiger partial charge on any atom is 0.238 e. The Bertz CT molecular complexity index is 256. The van der Waals surface area contributed by atoms with Crippen LogP contribution in [0.25, 0.3) is 0 Å². The van der Waals surface area contributed by atoms with E-state index in [0.717, 1.165) is 26.0 Å². The molecule has 0 saturated heterocycles. The molecule has 17 heavy (non-hydrogen) atoms. The van der Waals surface area contributed by atoms with Crippen molar-refractivity contribution < 1.29 is 9.53 Å². The molecule has 1 amide bonds.